The van der Waals surface area contributed by atoms with Crippen LogP contribution in [-0.2, 0) is 19.0 Å². The lowest BCUT2D eigenvalue weighted by Gasteiger charge is -2.58. The summed E-state index contributed by atoms with van der Waals surface area (Å²) in [5, 5.41) is 32.5. The third-order valence-electron chi connectivity index (χ3n) is 17.3. The number of carbonyl (C=O) groups excluding carboxylic acids is 1. The van der Waals surface area contributed by atoms with Crippen LogP contribution in [0.15, 0.2) is 23.8 Å². The Kier molecular flexibility index (Phi) is 20.0. The molecular formula is C53H92O7. The summed E-state index contributed by atoms with van der Waals surface area (Å²) in [6.45, 7) is 17.0. The first-order valence-electron chi connectivity index (χ1n) is 25.7. The minimum absolute atomic E-state index is 0.143. The molecule has 0 aromatic heterocycles. The van der Waals surface area contributed by atoms with Crippen LogP contribution in [0, 0.1) is 52.3 Å². The van der Waals surface area contributed by atoms with E-state index in [1.807, 2.05) is 0 Å². The van der Waals surface area contributed by atoms with Crippen molar-refractivity contribution in [2.24, 2.45) is 52.3 Å². The summed E-state index contributed by atoms with van der Waals surface area (Å²) < 4.78 is 18.0. The number of rotatable bonds is 25. The molecule has 5 aliphatic rings. The molecule has 0 radical (unpaired) electrons. The molecule has 0 aromatic rings. The first-order chi connectivity index (χ1) is 28.8. The number of unbranched alkanes of at least 4 members (excludes halogenated alkanes) is 11. The fourth-order valence-electron chi connectivity index (χ4n) is 13.3. The summed E-state index contributed by atoms with van der Waals surface area (Å²) in [7, 11) is 0. The quantitative estimate of drug-likeness (QED) is 0.0477. The number of hydrogen-bond donors (Lipinski definition) is 3. The van der Waals surface area contributed by atoms with E-state index in [-0.39, 0.29) is 24.1 Å². The van der Waals surface area contributed by atoms with Crippen molar-refractivity contribution in [2.45, 2.75) is 246 Å². The van der Waals surface area contributed by atoms with E-state index in [9.17, 15) is 20.1 Å². The monoisotopic (exact) mass is 841 g/mol. The summed E-state index contributed by atoms with van der Waals surface area (Å²) in [5.74, 6) is 5.21. The van der Waals surface area contributed by atoms with Crippen LogP contribution in [0.2, 0.25) is 0 Å². The van der Waals surface area contributed by atoms with E-state index in [0.717, 1.165) is 93.3 Å². The highest BCUT2D eigenvalue weighted by Gasteiger charge is 2.59. The van der Waals surface area contributed by atoms with E-state index >= 15 is 0 Å². The zero-order chi connectivity index (χ0) is 43.3. The zero-order valence-electron chi connectivity index (χ0n) is 39.6. The second-order valence-electron chi connectivity index (χ2n) is 21.5. The fraction of sp³-hybridized carbons (Fsp3) is 0.906. The SMILES string of the molecule is CCCCCCCC/C=C/CCCCCCCC(=O)OC[C@H]1O[C@@H](OC2CCC3(C)C(=CCC4C3CCC3(C)C(C(C)CCC(CC)C(C)C)CCC43)C2)[C@H](O)[C@@H](O)[C@@H]1O. The van der Waals surface area contributed by atoms with Gasteiger partial charge in [0.25, 0.3) is 0 Å². The number of aliphatic hydroxyl groups excluding tert-OH is 3. The Morgan fingerprint density at radius 1 is 0.817 bits per heavy atom. The molecule has 5 rings (SSSR count). The van der Waals surface area contributed by atoms with E-state index in [4.69, 9.17) is 14.2 Å². The normalized spacial score (nSPS) is 36.4. The Morgan fingerprint density at radius 3 is 2.18 bits per heavy atom. The molecule has 14 atom stereocenters. The smallest absolute Gasteiger partial charge is 0.305 e. The predicted octanol–water partition coefficient (Wildman–Crippen LogP) is 12.4. The topological polar surface area (TPSA) is 105 Å². The number of allylic oxidation sites excluding steroid dienone is 3. The van der Waals surface area contributed by atoms with Gasteiger partial charge in [0, 0.05) is 6.42 Å². The Balaban J connectivity index is 1.02. The van der Waals surface area contributed by atoms with Gasteiger partial charge in [-0.15, -0.1) is 0 Å². The summed E-state index contributed by atoms with van der Waals surface area (Å²) in [4.78, 5) is 12.6. The number of carbonyl (C=O) groups is 1. The summed E-state index contributed by atoms with van der Waals surface area (Å²) >= 11 is 0. The summed E-state index contributed by atoms with van der Waals surface area (Å²) in [6, 6.07) is 0. The van der Waals surface area contributed by atoms with E-state index in [2.05, 4.69) is 66.7 Å². The highest BCUT2D eigenvalue weighted by Crippen LogP contribution is 2.67. The van der Waals surface area contributed by atoms with Crippen molar-refractivity contribution in [3.05, 3.63) is 23.8 Å². The number of fused-ring (bicyclic) bond motifs is 5. The molecule has 1 aliphatic heterocycles. The van der Waals surface area contributed by atoms with Gasteiger partial charge in [-0.25, -0.2) is 0 Å². The third kappa shape index (κ3) is 12.7. The molecule has 0 aromatic carbocycles. The van der Waals surface area contributed by atoms with Gasteiger partial charge in [-0.05, 0) is 142 Å². The molecule has 60 heavy (non-hydrogen) atoms. The van der Waals surface area contributed by atoms with E-state index < -0.39 is 30.7 Å². The Hall–Kier alpha value is -1.25. The molecule has 4 aliphatic carbocycles. The molecule has 3 saturated carbocycles. The van der Waals surface area contributed by atoms with Crippen LogP contribution in [-0.4, -0.2) is 64.7 Å². The van der Waals surface area contributed by atoms with E-state index in [1.54, 1.807) is 0 Å². The molecule has 7 nitrogen and oxygen atoms in total. The third-order valence-corrected chi connectivity index (χ3v) is 17.3. The van der Waals surface area contributed by atoms with Crippen LogP contribution in [0.25, 0.3) is 0 Å². The van der Waals surface area contributed by atoms with Crippen molar-refractivity contribution in [2.75, 3.05) is 6.61 Å². The van der Waals surface area contributed by atoms with Gasteiger partial charge >= 0.3 is 5.97 Å². The first kappa shape index (κ1) is 49.8. The van der Waals surface area contributed by atoms with Crippen molar-refractivity contribution in [1.82, 2.24) is 0 Å². The second kappa shape index (κ2) is 24.2. The van der Waals surface area contributed by atoms with Gasteiger partial charge in [0.15, 0.2) is 6.29 Å². The molecule has 0 bridgehead atoms. The molecule has 9 unspecified atom stereocenters. The van der Waals surface area contributed by atoms with Crippen LogP contribution in [0.3, 0.4) is 0 Å². The van der Waals surface area contributed by atoms with Crippen molar-refractivity contribution >= 4 is 5.97 Å². The van der Waals surface area contributed by atoms with Crippen LogP contribution in [0.1, 0.15) is 209 Å². The Bertz CT molecular complexity index is 1330. The highest BCUT2D eigenvalue weighted by atomic mass is 16.7. The zero-order valence-corrected chi connectivity index (χ0v) is 39.6. The number of esters is 1. The van der Waals surface area contributed by atoms with Gasteiger partial charge in [-0.3, -0.25) is 4.79 Å². The van der Waals surface area contributed by atoms with E-state index in [0.29, 0.717) is 17.8 Å². The lowest BCUT2D eigenvalue weighted by Crippen LogP contribution is -2.60. The minimum Gasteiger partial charge on any atom is -0.463 e. The summed E-state index contributed by atoms with van der Waals surface area (Å²) in [5.41, 5.74) is 2.12. The first-order valence-corrected chi connectivity index (χ1v) is 25.7. The van der Waals surface area contributed by atoms with Gasteiger partial charge in [0.2, 0.25) is 0 Å². The van der Waals surface area contributed by atoms with Gasteiger partial charge in [-0.1, -0.05) is 136 Å². The van der Waals surface area contributed by atoms with Crippen molar-refractivity contribution in [1.29, 1.82) is 0 Å². The largest absolute Gasteiger partial charge is 0.463 e. The average Bonchev–Trinajstić information content (AvgIpc) is 3.59. The molecule has 7 heteroatoms. The molecule has 4 fully saturated rings. The maximum atomic E-state index is 12.6. The maximum Gasteiger partial charge on any atom is 0.305 e. The van der Waals surface area contributed by atoms with Crippen molar-refractivity contribution in [3.63, 3.8) is 0 Å². The molecular weight excluding hydrogens is 749 g/mol. The standard InChI is InChI=1S/C53H92O7/c1-8-10-11-12-13-14-15-16-17-18-19-20-21-22-23-24-47(54)58-36-46-48(55)49(56)50(57)51(60-46)59-41-31-33-52(6)40(35-41)27-28-42-44-30-29-43(53(44,7)34-32-45(42)52)38(5)25-26-39(9-2)37(3)4/h16-17,27,37-39,41-46,48-51,55-57H,8-15,18-26,28-36H2,1-7H3/b17-16+/t38?,39?,41?,42?,43?,44?,45?,46-,48-,49+,50-,51-,52?,53?/m1/s1. The molecule has 0 amide bonds. The van der Waals surface area contributed by atoms with Crippen LogP contribution in [0.4, 0.5) is 0 Å². The summed E-state index contributed by atoms with van der Waals surface area (Å²) in [6.07, 6.45) is 30.1. The highest BCUT2D eigenvalue weighted by molar-refractivity contribution is 5.69. The Labute approximate surface area is 367 Å². The molecule has 1 heterocycles. The number of hydrogen-bond acceptors (Lipinski definition) is 7. The maximum absolute atomic E-state index is 12.6. The van der Waals surface area contributed by atoms with Gasteiger partial charge < -0.3 is 29.5 Å². The van der Waals surface area contributed by atoms with Crippen LogP contribution >= 0.6 is 0 Å². The molecule has 1 saturated heterocycles. The average molecular weight is 841 g/mol. The van der Waals surface area contributed by atoms with E-state index in [1.165, 1.54) is 102 Å². The fourth-order valence-corrected chi connectivity index (χ4v) is 13.3. The number of aliphatic hydroxyl groups is 3. The number of ether oxygens (including phenoxy) is 3. The van der Waals surface area contributed by atoms with Crippen molar-refractivity contribution in [3.8, 4) is 0 Å². The van der Waals surface area contributed by atoms with Crippen LogP contribution in [0.5, 0.6) is 0 Å². The van der Waals surface area contributed by atoms with Gasteiger partial charge in [-0.2, -0.15) is 0 Å². The predicted molar refractivity (Wildman–Crippen MR) is 244 cm³/mol. The van der Waals surface area contributed by atoms with Gasteiger partial charge in [0.1, 0.15) is 31.0 Å². The molecule has 346 valence electrons. The van der Waals surface area contributed by atoms with Crippen LogP contribution < -0.4 is 0 Å². The second-order valence-corrected chi connectivity index (χ2v) is 21.5. The molecule has 0 spiro atoms. The lowest BCUT2D eigenvalue weighted by atomic mass is 9.47. The lowest BCUT2D eigenvalue weighted by molar-refractivity contribution is -0.313. The van der Waals surface area contributed by atoms with Gasteiger partial charge in [0.05, 0.1) is 6.10 Å². The Morgan fingerprint density at radius 2 is 1.50 bits per heavy atom. The minimum atomic E-state index is -1.45. The van der Waals surface area contributed by atoms with Crippen molar-refractivity contribution < 1.29 is 34.3 Å². The molecule has 3 N–H and O–H groups in total.